The van der Waals surface area contributed by atoms with Crippen molar-refractivity contribution in [1.82, 2.24) is 9.38 Å². The summed E-state index contributed by atoms with van der Waals surface area (Å²) in [5.74, 6) is -0.237. The molecule has 140 valence electrons. The molecule has 0 aliphatic rings. The molecule has 0 radical (unpaired) electrons. The van der Waals surface area contributed by atoms with Crippen LogP contribution in [-0.4, -0.2) is 14.9 Å². The first-order valence-electron chi connectivity index (χ1n) is 8.41. The van der Waals surface area contributed by atoms with E-state index in [0.29, 0.717) is 23.3 Å². The molecule has 0 aliphatic carbocycles. The predicted octanol–water partition coefficient (Wildman–Crippen LogP) is 4.07. The van der Waals surface area contributed by atoms with Gasteiger partial charge >= 0.3 is 5.63 Å². The molecule has 0 unspecified atom stereocenters. The molecule has 0 saturated heterocycles. The standard InChI is InChI=1S/C21H13FN2O2S.H2O/c22-15-7-5-13(6-8-15)9-16-11-24-12-18(23-21(24)27-16)17-10-14-3-1-2-4-19(14)26-20(17)25;/h1-8,10-12H,9H2;1H2. The van der Waals surface area contributed by atoms with E-state index in [2.05, 4.69) is 4.98 Å². The van der Waals surface area contributed by atoms with Crippen LogP contribution >= 0.6 is 11.3 Å². The van der Waals surface area contributed by atoms with Crippen molar-refractivity contribution in [3.05, 3.63) is 93.7 Å². The number of benzene rings is 2. The van der Waals surface area contributed by atoms with Crippen LogP contribution in [0.2, 0.25) is 0 Å². The summed E-state index contributed by atoms with van der Waals surface area (Å²) >= 11 is 1.55. The number of hydrogen-bond acceptors (Lipinski definition) is 4. The van der Waals surface area contributed by atoms with Gasteiger partial charge in [-0.15, -0.1) is 11.3 Å². The Morgan fingerprint density at radius 2 is 1.86 bits per heavy atom. The molecule has 0 spiro atoms. The second-order valence-electron chi connectivity index (χ2n) is 6.30. The summed E-state index contributed by atoms with van der Waals surface area (Å²) in [6.07, 6.45) is 4.53. The highest BCUT2D eigenvalue weighted by molar-refractivity contribution is 7.17. The number of rotatable bonds is 3. The van der Waals surface area contributed by atoms with Crippen molar-refractivity contribution in [1.29, 1.82) is 0 Å². The van der Waals surface area contributed by atoms with Crippen molar-refractivity contribution in [3.8, 4) is 11.3 Å². The number of para-hydroxylation sites is 1. The van der Waals surface area contributed by atoms with Crippen molar-refractivity contribution < 1.29 is 14.3 Å². The van der Waals surface area contributed by atoms with E-state index in [1.54, 1.807) is 29.5 Å². The Kier molecular flexibility index (Phi) is 4.54. The van der Waals surface area contributed by atoms with Crippen LogP contribution in [0, 0.1) is 5.82 Å². The Balaban J connectivity index is 0.00000192. The van der Waals surface area contributed by atoms with Crippen LogP contribution in [0.5, 0.6) is 0 Å². The summed E-state index contributed by atoms with van der Waals surface area (Å²) in [5, 5.41) is 0.862. The molecule has 28 heavy (non-hydrogen) atoms. The van der Waals surface area contributed by atoms with Crippen molar-refractivity contribution in [2.45, 2.75) is 6.42 Å². The Labute approximate surface area is 162 Å². The predicted molar refractivity (Wildman–Crippen MR) is 107 cm³/mol. The number of fused-ring (bicyclic) bond motifs is 2. The van der Waals surface area contributed by atoms with Crippen LogP contribution < -0.4 is 5.63 Å². The Hall–Kier alpha value is -3.29. The Morgan fingerprint density at radius 1 is 1.07 bits per heavy atom. The molecule has 5 nitrogen and oxygen atoms in total. The number of imidazole rings is 1. The average Bonchev–Trinajstić information content (AvgIpc) is 3.21. The molecule has 0 bridgehead atoms. The first-order valence-corrected chi connectivity index (χ1v) is 9.22. The molecule has 0 fully saturated rings. The molecule has 0 atom stereocenters. The van der Waals surface area contributed by atoms with Gasteiger partial charge in [-0.3, -0.25) is 4.40 Å². The third-order valence-corrected chi connectivity index (χ3v) is 5.41. The maximum absolute atomic E-state index is 13.0. The van der Waals surface area contributed by atoms with Gasteiger partial charge in [0.15, 0.2) is 4.96 Å². The molecule has 3 aromatic heterocycles. The lowest BCUT2D eigenvalue weighted by Crippen LogP contribution is -2.02. The molecule has 0 saturated carbocycles. The van der Waals surface area contributed by atoms with Crippen LogP contribution in [0.4, 0.5) is 4.39 Å². The number of aromatic nitrogens is 2. The Morgan fingerprint density at radius 3 is 2.64 bits per heavy atom. The van der Waals surface area contributed by atoms with E-state index < -0.39 is 5.63 Å². The first-order chi connectivity index (χ1) is 13.2. The van der Waals surface area contributed by atoms with Crippen molar-refractivity contribution >= 4 is 27.3 Å². The van der Waals surface area contributed by atoms with Gasteiger partial charge in [-0.25, -0.2) is 14.2 Å². The summed E-state index contributed by atoms with van der Waals surface area (Å²) in [6.45, 7) is 0. The topological polar surface area (TPSA) is 79.0 Å². The maximum Gasteiger partial charge on any atom is 0.345 e. The van der Waals surface area contributed by atoms with Crippen molar-refractivity contribution in [2.24, 2.45) is 0 Å². The van der Waals surface area contributed by atoms with Crippen LogP contribution in [0.1, 0.15) is 10.4 Å². The zero-order valence-electron chi connectivity index (χ0n) is 14.6. The summed E-state index contributed by atoms with van der Waals surface area (Å²) in [6, 6.07) is 15.7. The molecule has 5 aromatic rings. The van der Waals surface area contributed by atoms with E-state index in [1.165, 1.54) is 12.1 Å². The van der Waals surface area contributed by atoms with E-state index >= 15 is 0 Å². The lowest BCUT2D eigenvalue weighted by molar-refractivity contribution is 0.563. The van der Waals surface area contributed by atoms with E-state index in [4.69, 9.17) is 4.42 Å². The molecule has 0 aliphatic heterocycles. The highest BCUT2D eigenvalue weighted by Crippen LogP contribution is 2.25. The van der Waals surface area contributed by atoms with Crippen molar-refractivity contribution in [2.75, 3.05) is 0 Å². The maximum atomic E-state index is 13.0. The molecule has 7 heteroatoms. The normalized spacial score (nSPS) is 11.0. The minimum absolute atomic E-state index is 0. The second kappa shape index (κ2) is 7.03. The highest BCUT2D eigenvalue weighted by atomic mass is 32.1. The largest absolute Gasteiger partial charge is 0.422 e. The third kappa shape index (κ3) is 3.21. The summed E-state index contributed by atoms with van der Waals surface area (Å²) in [5.41, 5.74) is 2.25. The summed E-state index contributed by atoms with van der Waals surface area (Å²) in [7, 11) is 0. The van der Waals surface area contributed by atoms with Gasteiger partial charge in [-0.2, -0.15) is 0 Å². The monoisotopic (exact) mass is 394 g/mol. The lowest BCUT2D eigenvalue weighted by atomic mass is 10.1. The molecule has 3 heterocycles. The van der Waals surface area contributed by atoms with E-state index in [9.17, 15) is 9.18 Å². The van der Waals surface area contributed by atoms with Gasteiger partial charge < -0.3 is 9.89 Å². The second-order valence-corrected chi connectivity index (χ2v) is 7.40. The lowest BCUT2D eigenvalue weighted by Gasteiger charge is -1.99. The fourth-order valence-electron chi connectivity index (χ4n) is 3.10. The van der Waals surface area contributed by atoms with Crippen LogP contribution in [0.15, 0.2) is 76.2 Å². The molecule has 2 aromatic carbocycles. The van der Waals surface area contributed by atoms with Crippen LogP contribution in [0.3, 0.4) is 0 Å². The third-order valence-electron chi connectivity index (χ3n) is 4.41. The first kappa shape index (κ1) is 18.1. The zero-order valence-corrected chi connectivity index (χ0v) is 15.4. The summed E-state index contributed by atoms with van der Waals surface area (Å²) in [4.78, 5) is 18.8. The zero-order chi connectivity index (χ0) is 18.4. The van der Waals surface area contributed by atoms with Crippen LogP contribution in [-0.2, 0) is 6.42 Å². The van der Waals surface area contributed by atoms with Crippen molar-refractivity contribution in [3.63, 3.8) is 0 Å². The number of thiazole rings is 1. The minimum Gasteiger partial charge on any atom is -0.422 e. The van der Waals surface area contributed by atoms with Crippen LogP contribution in [0.25, 0.3) is 27.2 Å². The van der Waals surface area contributed by atoms with Gasteiger partial charge in [-0.1, -0.05) is 30.3 Å². The van der Waals surface area contributed by atoms with E-state index in [1.807, 2.05) is 41.1 Å². The van der Waals surface area contributed by atoms with Gasteiger partial charge in [0.25, 0.3) is 0 Å². The Bertz CT molecular complexity index is 1300. The van der Waals surface area contributed by atoms with Gasteiger partial charge in [0.1, 0.15) is 11.4 Å². The molecule has 0 amide bonds. The number of nitrogens with zero attached hydrogens (tertiary/aromatic N) is 2. The molecular formula is C21H15FN2O3S. The quantitative estimate of drug-likeness (QED) is 0.433. The van der Waals surface area contributed by atoms with Gasteiger partial charge in [0.05, 0.1) is 11.3 Å². The van der Waals surface area contributed by atoms with E-state index in [0.717, 1.165) is 20.8 Å². The highest BCUT2D eigenvalue weighted by Gasteiger charge is 2.13. The van der Waals surface area contributed by atoms with Gasteiger partial charge in [-0.05, 0) is 29.8 Å². The number of halogens is 1. The van der Waals surface area contributed by atoms with E-state index in [-0.39, 0.29) is 11.3 Å². The smallest absolute Gasteiger partial charge is 0.345 e. The summed E-state index contributed by atoms with van der Waals surface area (Å²) < 4.78 is 20.3. The average molecular weight is 394 g/mol. The molecular weight excluding hydrogens is 379 g/mol. The van der Waals surface area contributed by atoms with Gasteiger partial charge in [0, 0.05) is 29.1 Å². The SMILES string of the molecule is O.O=c1oc2ccccc2cc1-c1cn2cc(Cc3ccc(F)cc3)sc2n1. The minimum atomic E-state index is -0.397. The fraction of sp³-hybridized carbons (Fsp3) is 0.0476. The molecule has 5 rings (SSSR count). The number of hydrogen-bond donors (Lipinski definition) is 0. The molecule has 2 N–H and O–H groups in total. The van der Waals surface area contributed by atoms with Gasteiger partial charge in [0.2, 0.25) is 0 Å². The fourth-order valence-corrected chi connectivity index (χ4v) is 4.09.